The van der Waals surface area contributed by atoms with Crippen molar-refractivity contribution >= 4 is 40.4 Å². The van der Waals surface area contributed by atoms with Crippen molar-refractivity contribution < 1.29 is 14.7 Å². The van der Waals surface area contributed by atoms with E-state index in [2.05, 4.69) is 32.6 Å². The third kappa shape index (κ3) is 4.76. The predicted molar refractivity (Wildman–Crippen MR) is 147 cm³/mol. The molecule has 1 saturated heterocycles. The topological polar surface area (TPSA) is 60.9 Å². The Morgan fingerprint density at radius 2 is 1.61 bits per heavy atom. The number of carbonyl (C=O) groups excluding carboxylic acids is 2. The van der Waals surface area contributed by atoms with Crippen molar-refractivity contribution in [3.8, 4) is 0 Å². The average Bonchev–Trinajstić information content (AvgIpc) is 3.15. The number of anilines is 2. The van der Waals surface area contributed by atoms with Gasteiger partial charge in [-0.1, -0.05) is 61.8 Å². The Labute approximate surface area is 217 Å². The molecule has 0 aromatic heterocycles. The van der Waals surface area contributed by atoms with Gasteiger partial charge in [0.2, 0.25) is 0 Å². The lowest BCUT2D eigenvalue weighted by molar-refractivity contribution is -0.132. The van der Waals surface area contributed by atoms with E-state index < -0.39 is 17.7 Å². The van der Waals surface area contributed by atoms with Crippen molar-refractivity contribution in [2.45, 2.75) is 39.7 Å². The summed E-state index contributed by atoms with van der Waals surface area (Å²) in [7, 11) is 0. The zero-order valence-electron chi connectivity index (χ0n) is 21.0. The number of amides is 1. The molecule has 186 valence electrons. The summed E-state index contributed by atoms with van der Waals surface area (Å²) in [6, 6.07) is 21.3. The van der Waals surface area contributed by atoms with Crippen LogP contribution in [0, 0.1) is 0 Å². The minimum atomic E-state index is -0.778. The number of benzene rings is 3. The number of hydrogen-bond donors (Lipinski definition) is 1. The van der Waals surface area contributed by atoms with E-state index in [9.17, 15) is 14.7 Å². The highest BCUT2D eigenvalue weighted by molar-refractivity contribution is 6.51. The van der Waals surface area contributed by atoms with E-state index in [-0.39, 0.29) is 11.3 Å². The molecule has 6 heteroatoms. The fourth-order valence-corrected chi connectivity index (χ4v) is 4.87. The van der Waals surface area contributed by atoms with Gasteiger partial charge in [-0.15, -0.1) is 0 Å². The number of aliphatic hydroxyl groups is 1. The van der Waals surface area contributed by atoms with Crippen LogP contribution >= 0.6 is 11.6 Å². The largest absolute Gasteiger partial charge is 0.507 e. The maximum Gasteiger partial charge on any atom is 0.300 e. The second kappa shape index (κ2) is 10.6. The summed E-state index contributed by atoms with van der Waals surface area (Å²) in [5.41, 5.74) is 3.96. The van der Waals surface area contributed by atoms with Crippen molar-refractivity contribution in [3.63, 3.8) is 0 Å². The zero-order chi connectivity index (χ0) is 26.0. The van der Waals surface area contributed by atoms with Gasteiger partial charge >= 0.3 is 0 Å². The number of Topliss-reactive ketones (excluding diaryl/α,β-unsaturated/α-hetero) is 1. The molecule has 0 bridgehead atoms. The molecule has 0 spiro atoms. The fraction of sp³-hybridized carbons (Fsp3) is 0.267. The lowest BCUT2D eigenvalue weighted by atomic mass is 9.94. The van der Waals surface area contributed by atoms with Gasteiger partial charge in [-0.05, 0) is 67.3 Å². The lowest BCUT2D eigenvalue weighted by Gasteiger charge is -2.27. The summed E-state index contributed by atoms with van der Waals surface area (Å²) in [5.74, 6) is -1.30. The molecule has 1 atom stereocenters. The minimum Gasteiger partial charge on any atom is -0.507 e. The van der Waals surface area contributed by atoms with Crippen LogP contribution in [0.15, 0.2) is 78.4 Å². The number of rotatable bonds is 7. The first-order valence-electron chi connectivity index (χ1n) is 12.3. The first-order valence-corrected chi connectivity index (χ1v) is 12.7. The quantitative estimate of drug-likeness (QED) is 0.216. The summed E-state index contributed by atoms with van der Waals surface area (Å²) in [6.07, 6.45) is 0. The van der Waals surface area contributed by atoms with Crippen LogP contribution in [0.25, 0.3) is 5.76 Å². The van der Waals surface area contributed by atoms with Gasteiger partial charge in [0.15, 0.2) is 0 Å². The van der Waals surface area contributed by atoms with E-state index >= 15 is 0 Å². The Balaban J connectivity index is 1.88. The van der Waals surface area contributed by atoms with E-state index in [0.29, 0.717) is 22.2 Å². The number of carbonyl (C=O) groups is 2. The fourth-order valence-electron chi connectivity index (χ4n) is 4.68. The number of nitrogens with zero attached hydrogens (tertiary/aromatic N) is 2. The van der Waals surface area contributed by atoms with Gasteiger partial charge in [-0.2, -0.15) is 0 Å². The number of aliphatic hydroxyl groups excluding tert-OH is 1. The lowest BCUT2D eigenvalue weighted by Crippen LogP contribution is -2.29. The van der Waals surface area contributed by atoms with E-state index in [1.165, 1.54) is 4.90 Å². The summed E-state index contributed by atoms with van der Waals surface area (Å²) in [4.78, 5) is 30.5. The molecule has 0 aliphatic carbocycles. The maximum absolute atomic E-state index is 13.4. The van der Waals surface area contributed by atoms with Crippen LogP contribution in [0.4, 0.5) is 11.4 Å². The Morgan fingerprint density at radius 1 is 0.972 bits per heavy atom. The molecule has 1 aliphatic rings. The molecule has 1 amide bonds. The number of halogens is 1. The van der Waals surface area contributed by atoms with E-state index in [4.69, 9.17) is 11.6 Å². The van der Waals surface area contributed by atoms with Gasteiger partial charge < -0.3 is 10.0 Å². The monoisotopic (exact) mass is 502 g/mol. The van der Waals surface area contributed by atoms with Crippen LogP contribution < -0.4 is 9.80 Å². The molecule has 0 radical (unpaired) electrons. The van der Waals surface area contributed by atoms with Crippen LogP contribution in [0.5, 0.6) is 0 Å². The van der Waals surface area contributed by atoms with Gasteiger partial charge in [0.25, 0.3) is 11.7 Å². The predicted octanol–water partition coefficient (Wildman–Crippen LogP) is 6.94. The molecule has 1 N–H and O–H groups in total. The summed E-state index contributed by atoms with van der Waals surface area (Å²) in [5, 5.41) is 11.7. The summed E-state index contributed by atoms with van der Waals surface area (Å²) in [6.45, 7) is 10.1. The highest BCUT2D eigenvalue weighted by Gasteiger charge is 2.47. The minimum absolute atomic E-state index is 0.0470. The number of hydrogen-bond acceptors (Lipinski definition) is 4. The van der Waals surface area contributed by atoms with Crippen molar-refractivity contribution in [1.29, 1.82) is 0 Å². The molecule has 36 heavy (non-hydrogen) atoms. The summed E-state index contributed by atoms with van der Waals surface area (Å²) >= 11 is 6.15. The smallest absolute Gasteiger partial charge is 0.300 e. The molecule has 1 unspecified atom stereocenters. The molecule has 3 aromatic carbocycles. The van der Waals surface area contributed by atoms with Gasteiger partial charge in [0.1, 0.15) is 5.76 Å². The Hall–Kier alpha value is -3.57. The second-order valence-electron chi connectivity index (χ2n) is 9.19. The highest BCUT2D eigenvalue weighted by Crippen LogP contribution is 2.43. The molecule has 1 fully saturated rings. The van der Waals surface area contributed by atoms with E-state index in [1.54, 1.807) is 24.3 Å². The van der Waals surface area contributed by atoms with Gasteiger partial charge in [-0.25, -0.2) is 0 Å². The van der Waals surface area contributed by atoms with Crippen molar-refractivity contribution in [3.05, 3.63) is 100 Å². The zero-order valence-corrected chi connectivity index (χ0v) is 21.8. The standard InChI is InChI=1S/C30H31ClN2O3/c1-5-32(6-2)24-14-12-21(13-15-24)27-26(28(34)22-8-7-9-23(31)18-22)29(35)30(36)33(27)25-16-10-20(11-17-25)19(3)4/h7-19,27,34H,5-6H2,1-4H3/b28-26-. The van der Waals surface area contributed by atoms with Crippen LogP contribution in [-0.2, 0) is 9.59 Å². The Bertz CT molecular complexity index is 1290. The third-order valence-electron chi connectivity index (χ3n) is 6.72. The Kier molecular flexibility index (Phi) is 7.51. The van der Waals surface area contributed by atoms with Crippen molar-refractivity contribution in [2.24, 2.45) is 0 Å². The highest BCUT2D eigenvalue weighted by atomic mass is 35.5. The van der Waals surface area contributed by atoms with Gasteiger partial charge in [-0.3, -0.25) is 14.5 Å². The maximum atomic E-state index is 13.4. The number of ketones is 1. The molecular weight excluding hydrogens is 472 g/mol. The van der Waals surface area contributed by atoms with Crippen molar-refractivity contribution in [2.75, 3.05) is 22.9 Å². The van der Waals surface area contributed by atoms with Crippen LogP contribution in [0.1, 0.15) is 56.3 Å². The molecule has 1 heterocycles. The van der Waals surface area contributed by atoms with Crippen LogP contribution in [0.3, 0.4) is 0 Å². The molecule has 0 saturated carbocycles. The third-order valence-corrected chi connectivity index (χ3v) is 6.95. The van der Waals surface area contributed by atoms with Crippen molar-refractivity contribution in [1.82, 2.24) is 0 Å². The molecule has 5 nitrogen and oxygen atoms in total. The SMILES string of the molecule is CCN(CC)c1ccc(C2/C(=C(/O)c3cccc(Cl)c3)C(=O)C(=O)N2c2ccc(C(C)C)cc2)cc1. The average molecular weight is 503 g/mol. The van der Waals surface area contributed by atoms with E-state index in [1.807, 2.05) is 48.5 Å². The summed E-state index contributed by atoms with van der Waals surface area (Å²) < 4.78 is 0. The normalized spacial score (nSPS) is 17.2. The molecule has 3 aromatic rings. The molecule has 1 aliphatic heterocycles. The van der Waals surface area contributed by atoms with Crippen LogP contribution in [0.2, 0.25) is 5.02 Å². The van der Waals surface area contributed by atoms with Gasteiger partial charge in [0, 0.05) is 35.1 Å². The Morgan fingerprint density at radius 3 is 2.17 bits per heavy atom. The van der Waals surface area contributed by atoms with Gasteiger partial charge in [0.05, 0.1) is 11.6 Å². The molecular formula is C30H31ClN2O3. The second-order valence-corrected chi connectivity index (χ2v) is 9.63. The first-order chi connectivity index (χ1) is 17.3. The van der Waals surface area contributed by atoms with Crippen LogP contribution in [-0.4, -0.2) is 29.9 Å². The molecule has 4 rings (SSSR count). The first kappa shape index (κ1) is 25.5. The van der Waals surface area contributed by atoms with E-state index in [0.717, 1.165) is 29.9 Å².